The molecule has 0 aromatic heterocycles. The molecule has 0 rings (SSSR count). The summed E-state index contributed by atoms with van der Waals surface area (Å²) >= 11 is 0. The molecule has 0 unspecified atom stereocenters. The van der Waals surface area contributed by atoms with Gasteiger partial charge in [0.2, 0.25) is 0 Å². The van der Waals surface area contributed by atoms with Gasteiger partial charge in [-0.15, -0.1) is 0 Å². The molecular formula is AlLi3+6. The van der Waals surface area contributed by atoms with Crippen molar-refractivity contribution < 1.29 is 56.6 Å². The molecule has 0 aromatic carbocycles. The Morgan fingerprint density at radius 1 is 0.500 bits per heavy atom. The van der Waals surface area contributed by atoms with Gasteiger partial charge in [-0.2, -0.15) is 0 Å². The van der Waals surface area contributed by atoms with Gasteiger partial charge in [0.05, 0.1) is 0 Å². The molecule has 0 aliphatic carbocycles. The Morgan fingerprint density at radius 2 is 0.500 bits per heavy atom. The fourth-order valence-electron chi connectivity index (χ4n) is 0. The quantitative estimate of drug-likeness (QED) is 0.238. The normalized spacial score (nSPS) is 0. The minimum Gasteiger partial charge on any atom is 1.00 e. The van der Waals surface area contributed by atoms with E-state index >= 15 is 0 Å². The van der Waals surface area contributed by atoms with Crippen LogP contribution in [0.5, 0.6) is 0 Å². The van der Waals surface area contributed by atoms with Gasteiger partial charge in [0.15, 0.2) is 0 Å². The zero-order valence-electron chi connectivity index (χ0n) is 3.58. The van der Waals surface area contributed by atoms with Gasteiger partial charge in [-0.3, -0.25) is 0 Å². The van der Waals surface area contributed by atoms with Crippen LogP contribution in [0.3, 0.4) is 0 Å². The van der Waals surface area contributed by atoms with Crippen LogP contribution in [0.25, 0.3) is 0 Å². The van der Waals surface area contributed by atoms with Gasteiger partial charge < -0.3 is 0 Å². The summed E-state index contributed by atoms with van der Waals surface area (Å²) in [5.41, 5.74) is 0. The summed E-state index contributed by atoms with van der Waals surface area (Å²) in [5.74, 6) is 0. The van der Waals surface area contributed by atoms with Crippen molar-refractivity contribution >= 4 is 17.4 Å². The summed E-state index contributed by atoms with van der Waals surface area (Å²) in [4.78, 5) is 0. The molecule has 0 amide bonds. The van der Waals surface area contributed by atoms with E-state index in [1.165, 1.54) is 0 Å². The SMILES string of the molecule is [Al+3].[Li+].[Li+].[Li+]. The summed E-state index contributed by atoms with van der Waals surface area (Å²) in [6.07, 6.45) is 0. The van der Waals surface area contributed by atoms with E-state index in [2.05, 4.69) is 0 Å². The molecule has 0 valence electrons. The Kier molecular flexibility index (Phi) is 153. The van der Waals surface area contributed by atoms with Crippen molar-refractivity contribution in [2.45, 2.75) is 0 Å². The molecule has 0 aliphatic heterocycles. The molecule has 0 aliphatic rings. The average Bonchev–Trinajstić information content (AvgIpc) is 0. The van der Waals surface area contributed by atoms with Gasteiger partial charge in [0.1, 0.15) is 0 Å². The van der Waals surface area contributed by atoms with Gasteiger partial charge in [-0.25, -0.2) is 0 Å². The predicted octanol–water partition coefficient (Wildman–Crippen LogP) is -9.37. The smallest absolute Gasteiger partial charge is 1.00 e. The third-order valence-electron chi connectivity index (χ3n) is 0. The van der Waals surface area contributed by atoms with E-state index < -0.39 is 0 Å². The van der Waals surface area contributed by atoms with Crippen LogP contribution in [-0.4, -0.2) is 17.4 Å². The number of hydrogen-bond donors (Lipinski definition) is 0. The first kappa shape index (κ1) is 33.2. The van der Waals surface area contributed by atoms with Crippen LogP contribution in [0.15, 0.2) is 0 Å². The summed E-state index contributed by atoms with van der Waals surface area (Å²) in [6.45, 7) is 0. The van der Waals surface area contributed by atoms with Crippen molar-refractivity contribution in [3.05, 3.63) is 0 Å². The van der Waals surface area contributed by atoms with Crippen molar-refractivity contribution in [3.63, 3.8) is 0 Å². The minimum atomic E-state index is 0. The van der Waals surface area contributed by atoms with Crippen molar-refractivity contribution in [3.8, 4) is 0 Å². The maximum Gasteiger partial charge on any atom is 3.00 e. The fraction of sp³-hybridized carbons (Fsp3) is 0. The Balaban J connectivity index is 0. The van der Waals surface area contributed by atoms with Gasteiger partial charge in [0.25, 0.3) is 0 Å². The molecule has 0 fully saturated rings. The monoisotopic (exact) mass is 48.0 g/mol. The van der Waals surface area contributed by atoms with E-state index in [1.807, 2.05) is 0 Å². The second kappa shape index (κ2) is 18.4. The standard InChI is InChI=1S/Al.3Li/q+3;3*+1. The van der Waals surface area contributed by atoms with Crippen molar-refractivity contribution in [2.24, 2.45) is 0 Å². The van der Waals surface area contributed by atoms with E-state index in [-0.39, 0.29) is 73.9 Å². The molecule has 0 saturated heterocycles. The third kappa shape index (κ3) is 8.85. The first-order chi connectivity index (χ1) is 0. The molecule has 0 atom stereocenters. The molecule has 0 N–H and O–H groups in total. The van der Waals surface area contributed by atoms with Crippen LogP contribution < -0.4 is 56.6 Å². The largest absolute Gasteiger partial charge is 3.00 e. The number of rotatable bonds is 0. The van der Waals surface area contributed by atoms with Gasteiger partial charge in [-0.05, 0) is 0 Å². The maximum absolute atomic E-state index is 0. The molecule has 0 bridgehead atoms. The van der Waals surface area contributed by atoms with E-state index in [0.29, 0.717) is 0 Å². The fourth-order valence-corrected chi connectivity index (χ4v) is 0. The van der Waals surface area contributed by atoms with Crippen molar-refractivity contribution in [1.82, 2.24) is 0 Å². The van der Waals surface area contributed by atoms with E-state index in [4.69, 9.17) is 0 Å². The first-order valence-corrected chi connectivity index (χ1v) is 0. The zero-order chi connectivity index (χ0) is 0. The Bertz CT molecular complexity index is 3.25. The molecule has 4 heavy (non-hydrogen) atoms. The van der Waals surface area contributed by atoms with Crippen LogP contribution in [0.2, 0.25) is 0 Å². The van der Waals surface area contributed by atoms with Crippen molar-refractivity contribution in [2.75, 3.05) is 0 Å². The van der Waals surface area contributed by atoms with Crippen LogP contribution in [-0.2, 0) is 0 Å². The third-order valence-corrected chi connectivity index (χ3v) is 0. The predicted molar refractivity (Wildman–Crippen MR) is 5.75 cm³/mol. The van der Waals surface area contributed by atoms with Crippen molar-refractivity contribution in [1.29, 1.82) is 0 Å². The Morgan fingerprint density at radius 3 is 0.500 bits per heavy atom. The molecular weight excluding hydrogens is 47.8 g/mol. The second-order valence-electron chi connectivity index (χ2n) is 0. The molecule has 0 radical (unpaired) electrons. The topological polar surface area (TPSA) is 0 Å². The van der Waals surface area contributed by atoms with Crippen LogP contribution in [0.1, 0.15) is 0 Å². The maximum atomic E-state index is 0. The molecule has 4 heteroatoms. The van der Waals surface area contributed by atoms with E-state index in [0.717, 1.165) is 0 Å². The summed E-state index contributed by atoms with van der Waals surface area (Å²) in [5, 5.41) is 0. The molecule has 0 aromatic rings. The molecule has 0 saturated carbocycles. The first-order valence-electron chi connectivity index (χ1n) is 0. The molecule has 0 nitrogen and oxygen atoms in total. The Labute approximate surface area is 73.1 Å². The van der Waals surface area contributed by atoms with Gasteiger partial charge in [-0.1, -0.05) is 0 Å². The van der Waals surface area contributed by atoms with Crippen LogP contribution >= 0.6 is 0 Å². The van der Waals surface area contributed by atoms with E-state index in [1.54, 1.807) is 0 Å². The summed E-state index contributed by atoms with van der Waals surface area (Å²) in [7, 11) is 0. The van der Waals surface area contributed by atoms with Gasteiger partial charge in [0, 0.05) is 0 Å². The van der Waals surface area contributed by atoms with Crippen LogP contribution in [0.4, 0.5) is 0 Å². The summed E-state index contributed by atoms with van der Waals surface area (Å²) in [6, 6.07) is 0. The molecule has 0 heterocycles. The Hall–Kier alpha value is 2.32. The minimum absolute atomic E-state index is 0. The second-order valence-corrected chi connectivity index (χ2v) is 0. The van der Waals surface area contributed by atoms with E-state index in [9.17, 15) is 0 Å². The van der Waals surface area contributed by atoms with Crippen LogP contribution in [0, 0.1) is 0 Å². The summed E-state index contributed by atoms with van der Waals surface area (Å²) < 4.78 is 0. The molecule has 0 spiro atoms. The zero-order valence-corrected chi connectivity index (χ0v) is 4.73. The average molecular weight is 47.8 g/mol. The van der Waals surface area contributed by atoms with Gasteiger partial charge >= 0.3 is 73.9 Å². The number of hydrogen-bond acceptors (Lipinski definition) is 0.